The van der Waals surface area contributed by atoms with Gasteiger partial charge >= 0.3 is 0 Å². The van der Waals surface area contributed by atoms with Crippen molar-refractivity contribution >= 4 is 39.3 Å². The van der Waals surface area contributed by atoms with Gasteiger partial charge in [0.25, 0.3) is 0 Å². The maximum Gasteiger partial charge on any atom is 0.0791 e. The van der Waals surface area contributed by atoms with E-state index in [4.69, 9.17) is 15.0 Å². The van der Waals surface area contributed by atoms with Crippen molar-refractivity contribution in [3.63, 3.8) is 0 Å². The number of aliphatic imine (C=N–C) groups is 2. The summed E-state index contributed by atoms with van der Waals surface area (Å²) in [5.74, 6) is 0.139. The average Bonchev–Trinajstić information content (AvgIpc) is 3.13. The third-order valence-electron chi connectivity index (χ3n) is 7.91. The molecule has 0 saturated heterocycles. The summed E-state index contributed by atoms with van der Waals surface area (Å²) >= 11 is 0. The van der Waals surface area contributed by atoms with Gasteiger partial charge in [-0.15, -0.1) is 0 Å². The van der Waals surface area contributed by atoms with Gasteiger partial charge in [0, 0.05) is 22.4 Å². The average molecular weight is 512 g/mol. The zero-order valence-corrected chi connectivity index (χ0v) is 21.8. The van der Waals surface area contributed by atoms with E-state index in [1.165, 1.54) is 11.1 Å². The van der Waals surface area contributed by atoms with Crippen LogP contribution in [0.4, 0.5) is 5.69 Å². The van der Waals surface area contributed by atoms with Crippen LogP contribution in [0.1, 0.15) is 29.0 Å². The van der Waals surface area contributed by atoms with Crippen LogP contribution in [0.2, 0.25) is 0 Å². The number of rotatable bonds is 3. The maximum atomic E-state index is 5.16. The summed E-state index contributed by atoms with van der Waals surface area (Å²) in [7, 11) is 0. The number of para-hydroxylation sites is 1. The van der Waals surface area contributed by atoms with Crippen LogP contribution >= 0.6 is 0 Å². The van der Waals surface area contributed by atoms with Crippen LogP contribution in [0.3, 0.4) is 0 Å². The van der Waals surface area contributed by atoms with Gasteiger partial charge in [0.1, 0.15) is 0 Å². The normalized spacial score (nSPS) is 18.6. The molecule has 2 aliphatic heterocycles. The molecule has 0 saturated carbocycles. The third-order valence-corrected chi connectivity index (χ3v) is 7.91. The molecular formula is C37H25N3. The summed E-state index contributed by atoms with van der Waals surface area (Å²) < 4.78 is 0. The molecule has 1 atom stereocenters. The number of hydrogen-bond donors (Lipinski definition) is 0. The largest absolute Gasteiger partial charge is 0.251 e. The first kappa shape index (κ1) is 22.8. The maximum absolute atomic E-state index is 5.16. The highest BCUT2D eigenvalue weighted by Gasteiger charge is 2.30. The van der Waals surface area contributed by atoms with Crippen molar-refractivity contribution in [2.45, 2.75) is 12.3 Å². The number of allylic oxidation sites excluding steroid dienone is 11. The summed E-state index contributed by atoms with van der Waals surface area (Å²) in [5, 5.41) is 1.11. The fourth-order valence-electron chi connectivity index (χ4n) is 5.92. The zero-order valence-electron chi connectivity index (χ0n) is 21.8. The molecule has 0 fully saturated rings. The Hall–Kier alpha value is -5.15. The summed E-state index contributed by atoms with van der Waals surface area (Å²) in [6.07, 6.45) is 20.4. The van der Waals surface area contributed by atoms with Crippen LogP contribution in [0, 0.1) is 0 Å². The second-order valence-electron chi connectivity index (χ2n) is 10.4. The standard InChI is InChI=1S/C37H25N3/c1-2-8-26(9-3-1)32-21-15-24-14-16-28(23-29(22-24)38-32)25-17-19-27(20-18-25)36-35-30-10-4-6-12-33(30)40-37(35)31-11-5-7-13-34(31)39-36/h1-14,16-23,30H,15H2. The van der Waals surface area contributed by atoms with Crippen molar-refractivity contribution in [2.75, 3.05) is 0 Å². The van der Waals surface area contributed by atoms with Crippen LogP contribution in [0.25, 0.3) is 33.4 Å². The van der Waals surface area contributed by atoms with Gasteiger partial charge in [-0.1, -0.05) is 109 Å². The van der Waals surface area contributed by atoms with E-state index < -0.39 is 0 Å². The second-order valence-corrected chi connectivity index (χ2v) is 10.4. The van der Waals surface area contributed by atoms with Crippen molar-refractivity contribution in [1.29, 1.82) is 0 Å². The molecule has 2 bridgehead atoms. The summed E-state index contributed by atoms with van der Waals surface area (Å²) in [4.78, 5) is 15.2. The van der Waals surface area contributed by atoms with E-state index >= 15 is 0 Å². The van der Waals surface area contributed by atoms with Crippen molar-refractivity contribution in [2.24, 2.45) is 9.98 Å². The van der Waals surface area contributed by atoms with Crippen molar-refractivity contribution in [3.8, 4) is 11.3 Å². The van der Waals surface area contributed by atoms with Crippen LogP contribution in [-0.2, 0) is 0 Å². The van der Waals surface area contributed by atoms with Gasteiger partial charge in [-0.05, 0) is 53.0 Å². The molecule has 3 heteroatoms. The van der Waals surface area contributed by atoms with Crippen molar-refractivity contribution < 1.29 is 0 Å². The first-order chi connectivity index (χ1) is 19.8. The Bertz CT molecular complexity index is 1940. The Morgan fingerprint density at radius 3 is 2.40 bits per heavy atom. The minimum atomic E-state index is 0.139. The molecule has 0 N–H and O–H groups in total. The molecule has 0 radical (unpaired) electrons. The smallest absolute Gasteiger partial charge is 0.0791 e. The molecule has 0 spiro atoms. The molecule has 188 valence electrons. The fourth-order valence-corrected chi connectivity index (χ4v) is 5.92. The first-order valence-electron chi connectivity index (χ1n) is 13.7. The Balaban J connectivity index is 1.18. The van der Waals surface area contributed by atoms with E-state index in [-0.39, 0.29) is 5.92 Å². The topological polar surface area (TPSA) is 37.6 Å². The first-order valence-corrected chi connectivity index (χ1v) is 13.7. The van der Waals surface area contributed by atoms with Crippen LogP contribution < -0.4 is 0 Å². The van der Waals surface area contributed by atoms with Crippen LogP contribution in [0.15, 0.2) is 149 Å². The predicted octanol–water partition coefficient (Wildman–Crippen LogP) is 8.96. The molecule has 3 nitrogen and oxygen atoms in total. The summed E-state index contributed by atoms with van der Waals surface area (Å²) in [6, 6.07) is 27.5. The minimum absolute atomic E-state index is 0.139. The molecule has 1 aromatic heterocycles. The number of benzene rings is 3. The lowest BCUT2D eigenvalue weighted by atomic mass is 9.88. The number of aromatic nitrogens is 1. The van der Waals surface area contributed by atoms with Crippen LogP contribution in [0.5, 0.6) is 0 Å². The molecule has 0 amide bonds. The Morgan fingerprint density at radius 1 is 0.675 bits per heavy atom. The fraction of sp³-hybridized carbons (Fsp3) is 0.0541. The van der Waals surface area contributed by atoms with E-state index in [1.54, 1.807) is 0 Å². The lowest BCUT2D eigenvalue weighted by Gasteiger charge is -2.16. The molecule has 3 heterocycles. The van der Waals surface area contributed by atoms with E-state index in [9.17, 15) is 0 Å². The van der Waals surface area contributed by atoms with E-state index in [1.807, 2.05) is 12.1 Å². The minimum Gasteiger partial charge on any atom is -0.251 e. The molecule has 8 rings (SSSR count). The van der Waals surface area contributed by atoms with Gasteiger partial charge in [-0.25, -0.2) is 9.98 Å². The lowest BCUT2D eigenvalue weighted by molar-refractivity contribution is 1.16. The quantitative estimate of drug-likeness (QED) is 0.270. The molecule has 1 unspecified atom stereocenters. The monoisotopic (exact) mass is 511 g/mol. The Morgan fingerprint density at radius 2 is 1.50 bits per heavy atom. The van der Waals surface area contributed by atoms with Crippen molar-refractivity contribution in [3.05, 3.63) is 156 Å². The number of pyridine rings is 1. The van der Waals surface area contributed by atoms with E-state index in [2.05, 4.69) is 121 Å². The zero-order chi connectivity index (χ0) is 26.5. The Kier molecular flexibility index (Phi) is 5.27. The van der Waals surface area contributed by atoms with Gasteiger partial charge in [-0.2, -0.15) is 0 Å². The number of hydrogen-bond acceptors (Lipinski definition) is 3. The van der Waals surface area contributed by atoms with Gasteiger partial charge < -0.3 is 0 Å². The van der Waals surface area contributed by atoms with E-state index in [0.717, 1.165) is 68.1 Å². The third kappa shape index (κ3) is 3.87. The molecule has 2 aliphatic carbocycles. The van der Waals surface area contributed by atoms with Gasteiger partial charge in [0.15, 0.2) is 0 Å². The molecule has 4 aliphatic rings. The number of nitrogens with zero attached hydrogens (tertiary/aromatic N) is 3. The van der Waals surface area contributed by atoms with Crippen molar-refractivity contribution in [1.82, 2.24) is 4.98 Å². The molecule has 40 heavy (non-hydrogen) atoms. The highest BCUT2D eigenvalue weighted by Crippen LogP contribution is 2.46. The van der Waals surface area contributed by atoms with E-state index in [0.29, 0.717) is 0 Å². The highest BCUT2D eigenvalue weighted by molar-refractivity contribution is 6.14. The Labute approximate surface area is 233 Å². The predicted molar refractivity (Wildman–Crippen MR) is 167 cm³/mol. The van der Waals surface area contributed by atoms with Crippen LogP contribution in [-0.4, -0.2) is 16.4 Å². The number of fused-ring (bicyclic) bond motifs is 6. The lowest BCUT2D eigenvalue weighted by Crippen LogP contribution is -2.07. The summed E-state index contributed by atoms with van der Waals surface area (Å²) in [5.41, 5.74) is 13.1. The van der Waals surface area contributed by atoms with Gasteiger partial charge in [-0.3, -0.25) is 4.99 Å². The molecule has 4 aromatic rings. The SMILES string of the molecule is C1=CC2=Nc3c(c(-c4ccc(C5=CC6=NC(c7ccccc7)=CCC(=C6)C=C5)cc4)nc4ccccc34)C2C=C1. The van der Waals surface area contributed by atoms with Gasteiger partial charge in [0.05, 0.1) is 34.0 Å². The second kappa shape index (κ2) is 9.25. The highest BCUT2D eigenvalue weighted by atomic mass is 14.8. The summed E-state index contributed by atoms with van der Waals surface area (Å²) in [6.45, 7) is 0. The van der Waals surface area contributed by atoms with Gasteiger partial charge in [0.2, 0.25) is 0 Å². The molecular weight excluding hydrogens is 486 g/mol. The molecule has 3 aromatic carbocycles.